The van der Waals surface area contributed by atoms with Crippen molar-refractivity contribution >= 4 is 31.1 Å². The van der Waals surface area contributed by atoms with Crippen molar-refractivity contribution in [2.75, 3.05) is 5.75 Å². The summed E-state index contributed by atoms with van der Waals surface area (Å²) in [5.74, 6) is 1.05. The molecule has 0 fully saturated rings. The van der Waals surface area contributed by atoms with Crippen molar-refractivity contribution in [1.29, 1.82) is 0 Å². The van der Waals surface area contributed by atoms with Gasteiger partial charge in [0.1, 0.15) is 7.38 Å². The second kappa shape index (κ2) is 11.0. The van der Waals surface area contributed by atoms with E-state index in [2.05, 4.69) is 25.7 Å². The first-order valence-electron chi connectivity index (χ1n) is 6.86. The van der Waals surface area contributed by atoms with Crippen LogP contribution in [-0.2, 0) is 0 Å². The topological polar surface area (TPSA) is 0 Å². The molecule has 0 N–H and O–H groups in total. The van der Waals surface area contributed by atoms with Crippen molar-refractivity contribution in [3.8, 4) is 0 Å². The van der Waals surface area contributed by atoms with Gasteiger partial charge in [-0.25, -0.2) is 0 Å². The van der Waals surface area contributed by atoms with E-state index in [0.29, 0.717) is 0 Å². The molecule has 0 aliphatic carbocycles. The lowest BCUT2D eigenvalue weighted by atomic mass is 10.1. The summed E-state index contributed by atoms with van der Waals surface area (Å²) in [7, 11) is -1.28. The molecule has 0 rings (SSSR count). The Morgan fingerprint density at radius 3 is 1.50 bits per heavy atom. The summed E-state index contributed by atoms with van der Waals surface area (Å²) >= 11 is 10.5. The lowest BCUT2D eigenvalue weighted by Gasteiger charge is -2.11. The maximum Gasteiger partial charge on any atom is 0.150 e. The zero-order valence-corrected chi connectivity index (χ0v) is 13.8. The first kappa shape index (κ1) is 16.9. The molecule has 3 heteroatoms. The lowest BCUT2D eigenvalue weighted by molar-refractivity contribution is 0.573. The van der Waals surface area contributed by atoms with Crippen molar-refractivity contribution in [2.45, 2.75) is 76.9 Å². The van der Waals surface area contributed by atoms with Gasteiger partial charge in [0.15, 0.2) is 0 Å². The Balaban J connectivity index is 2.99. The highest BCUT2D eigenvalue weighted by Gasteiger charge is 2.15. The van der Waals surface area contributed by atoms with Crippen LogP contribution in [0.25, 0.3) is 0 Å². The summed E-state index contributed by atoms with van der Waals surface area (Å²) in [6.07, 6.45) is 12.5. The Morgan fingerprint density at radius 2 is 1.12 bits per heavy atom. The van der Waals surface area contributed by atoms with E-state index in [4.69, 9.17) is 11.1 Å². The predicted molar refractivity (Wildman–Crippen MR) is 83.5 cm³/mol. The second-order valence-electron chi connectivity index (χ2n) is 5.37. The molecule has 0 aromatic rings. The van der Waals surface area contributed by atoms with E-state index < -0.39 is 7.38 Å². The average molecular weight is 281 g/mol. The second-order valence-corrected chi connectivity index (χ2v) is 12.8. The smallest absolute Gasteiger partial charge is 0.150 e. The van der Waals surface area contributed by atoms with E-state index >= 15 is 0 Å². The van der Waals surface area contributed by atoms with E-state index in [0.717, 1.165) is 5.75 Å². The number of unbranched alkanes of at least 4 members (excludes halogenated alkanes) is 8. The monoisotopic (exact) mass is 280 g/mol. The van der Waals surface area contributed by atoms with E-state index in [-0.39, 0.29) is 0 Å². The average Bonchev–Trinajstić information content (AvgIpc) is 2.19. The normalized spacial score (nSPS) is 12.0. The minimum absolute atomic E-state index is 1.05. The quantitative estimate of drug-likeness (QED) is 0.208. The fraction of sp³-hybridized carbons (Fsp3) is 1.00. The maximum atomic E-state index is 6.28. The van der Waals surface area contributed by atoms with E-state index in [1.165, 1.54) is 63.8 Å². The van der Waals surface area contributed by atoms with Crippen molar-refractivity contribution in [2.24, 2.45) is 0 Å². The molecule has 98 valence electrons. The Bertz CT molecular complexity index is 145. The van der Waals surface area contributed by atoms with Gasteiger partial charge in [0.25, 0.3) is 0 Å². The molecule has 0 unspecified atom stereocenters. The SMILES string of the molecule is C[Si](C)(Cl)CCCCCCCCCCCS. The van der Waals surface area contributed by atoms with Crippen LogP contribution in [-0.4, -0.2) is 13.1 Å². The van der Waals surface area contributed by atoms with Gasteiger partial charge in [0.2, 0.25) is 0 Å². The summed E-state index contributed by atoms with van der Waals surface area (Å²) < 4.78 is 0. The maximum absolute atomic E-state index is 6.28. The van der Waals surface area contributed by atoms with Crippen LogP contribution in [0.5, 0.6) is 0 Å². The first-order valence-corrected chi connectivity index (χ1v) is 11.7. The van der Waals surface area contributed by atoms with E-state index in [1.54, 1.807) is 0 Å². The van der Waals surface area contributed by atoms with Crippen LogP contribution in [0.3, 0.4) is 0 Å². The number of halogens is 1. The van der Waals surface area contributed by atoms with Gasteiger partial charge in [0, 0.05) is 0 Å². The number of hydrogen-bond donors (Lipinski definition) is 1. The Labute approximate surface area is 114 Å². The third kappa shape index (κ3) is 14.9. The highest BCUT2D eigenvalue weighted by molar-refractivity contribution is 7.80. The minimum atomic E-state index is -1.28. The van der Waals surface area contributed by atoms with Gasteiger partial charge in [-0.3, -0.25) is 0 Å². The fourth-order valence-electron chi connectivity index (χ4n) is 1.89. The van der Waals surface area contributed by atoms with Crippen LogP contribution in [0.2, 0.25) is 19.1 Å². The van der Waals surface area contributed by atoms with Crippen LogP contribution in [0, 0.1) is 0 Å². The fourth-order valence-corrected chi connectivity index (χ4v) is 3.61. The molecule has 0 spiro atoms. The third-order valence-electron chi connectivity index (χ3n) is 2.93. The zero-order valence-electron chi connectivity index (χ0n) is 11.1. The molecule has 16 heavy (non-hydrogen) atoms. The van der Waals surface area contributed by atoms with Crippen LogP contribution in [0.15, 0.2) is 0 Å². The Morgan fingerprint density at radius 1 is 0.750 bits per heavy atom. The van der Waals surface area contributed by atoms with Gasteiger partial charge in [-0.1, -0.05) is 64.5 Å². The van der Waals surface area contributed by atoms with E-state index in [1.807, 2.05) is 0 Å². The predicted octanol–water partition coefficient (Wildman–Crippen LogP) is 5.87. The molecule has 0 aliphatic rings. The van der Waals surface area contributed by atoms with Crippen LogP contribution in [0.4, 0.5) is 0 Å². The van der Waals surface area contributed by atoms with Gasteiger partial charge >= 0.3 is 0 Å². The molecular weight excluding hydrogens is 252 g/mol. The molecule has 0 bridgehead atoms. The lowest BCUT2D eigenvalue weighted by Crippen LogP contribution is -2.14. The van der Waals surface area contributed by atoms with Crippen molar-refractivity contribution in [3.05, 3.63) is 0 Å². The largest absolute Gasteiger partial charge is 0.179 e. The first-order chi connectivity index (χ1) is 7.56. The standard InChI is InChI=1S/C13H29ClSSi/c1-16(2,14)13-11-9-7-5-3-4-6-8-10-12-15/h15H,3-13H2,1-2H3. The molecule has 0 aromatic heterocycles. The molecule has 0 radical (unpaired) electrons. The summed E-state index contributed by atoms with van der Waals surface area (Å²) in [6.45, 7) is 4.49. The van der Waals surface area contributed by atoms with Crippen molar-refractivity contribution in [3.63, 3.8) is 0 Å². The third-order valence-corrected chi connectivity index (χ3v) is 5.36. The van der Waals surface area contributed by atoms with Crippen molar-refractivity contribution < 1.29 is 0 Å². The molecule has 0 heterocycles. The van der Waals surface area contributed by atoms with E-state index in [9.17, 15) is 0 Å². The molecule has 0 aliphatic heterocycles. The summed E-state index contributed by atoms with van der Waals surface area (Å²) in [5, 5.41) is 0. The molecule has 0 nitrogen and oxygen atoms in total. The minimum Gasteiger partial charge on any atom is -0.179 e. The van der Waals surface area contributed by atoms with Crippen LogP contribution < -0.4 is 0 Å². The van der Waals surface area contributed by atoms with Crippen LogP contribution in [0.1, 0.15) is 57.8 Å². The summed E-state index contributed by atoms with van der Waals surface area (Å²) in [4.78, 5) is 0. The molecule has 0 aromatic carbocycles. The molecular formula is C13H29ClSSi. The zero-order chi connectivity index (χ0) is 12.3. The van der Waals surface area contributed by atoms with Gasteiger partial charge in [-0.15, -0.1) is 0 Å². The number of hydrogen-bond acceptors (Lipinski definition) is 1. The number of rotatable bonds is 11. The Hall–Kier alpha value is 0.857. The van der Waals surface area contributed by atoms with Gasteiger partial charge < -0.3 is 0 Å². The summed E-state index contributed by atoms with van der Waals surface area (Å²) in [5.41, 5.74) is 0. The summed E-state index contributed by atoms with van der Waals surface area (Å²) in [6, 6.07) is 1.29. The molecule has 0 saturated heterocycles. The van der Waals surface area contributed by atoms with Gasteiger partial charge in [-0.2, -0.15) is 23.7 Å². The van der Waals surface area contributed by atoms with Crippen LogP contribution >= 0.6 is 23.7 Å². The number of thiol groups is 1. The molecule has 0 amide bonds. The Kier molecular flexibility index (Phi) is 11.6. The van der Waals surface area contributed by atoms with Gasteiger partial charge in [-0.05, 0) is 18.2 Å². The highest BCUT2D eigenvalue weighted by atomic mass is 35.6. The highest BCUT2D eigenvalue weighted by Crippen LogP contribution is 2.19. The van der Waals surface area contributed by atoms with Gasteiger partial charge in [0.05, 0.1) is 0 Å². The molecule has 0 atom stereocenters. The molecule has 0 saturated carbocycles. The van der Waals surface area contributed by atoms with Crippen molar-refractivity contribution in [1.82, 2.24) is 0 Å².